The van der Waals surface area contributed by atoms with Crippen molar-refractivity contribution in [2.24, 2.45) is 0 Å². The van der Waals surface area contributed by atoms with E-state index < -0.39 is 0 Å². The standard InChI is InChI=1S/C9H11NO2S/c1-3-4-7(9(11)12-2)8-5-13-6-10-8/h3,5-7H,1,4H2,2H3. The summed E-state index contributed by atoms with van der Waals surface area (Å²) < 4.78 is 4.67. The molecule has 1 unspecified atom stereocenters. The van der Waals surface area contributed by atoms with Gasteiger partial charge in [0.15, 0.2) is 0 Å². The molecule has 1 aromatic heterocycles. The highest BCUT2D eigenvalue weighted by atomic mass is 32.1. The second kappa shape index (κ2) is 4.77. The Morgan fingerprint density at radius 3 is 3.15 bits per heavy atom. The van der Waals surface area contributed by atoms with E-state index >= 15 is 0 Å². The predicted octanol–water partition coefficient (Wildman–Crippen LogP) is 1.98. The maximum absolute atomic E-state index is 11.3. The first kappa shape index (κ1) is 9.92. The zero-order valence-electron chi connectivity index (χ0n) is 7.40. The van der Waals surface area contributed by atoms with Crippen molar-refractivity contribution in [1.82, 2.24) is 4.98 Å². The Morgan fingerprint density at radius 2 is 2.69 bits per heavy atom. The molecule has 0 fully saturated rings. The summed E-state index contributed by atoms with van der Waals surface area (Å²) in [6.45, 7) is 3.59. The summed E-state index contributed by atoms with van der Waals surface area (Å²) >= 11 is 1.47. The van der Waals surface area contributed by atoms with E-state index in [-0.39, 0.29) is 11.9 Å². The van der Waals surface area contributed by atoms with Crippen LogP contribution in [0.5, 0.6) is 0 Å². The van der Waals surface area contributed by atoms with Crippen molar-refractivity contribution in [3.05, 3.63) is 29.2 Å². The third-order valence-electron chi connectivity index (χ3n) is 1.70. The normalized spacial score (nSPS) is 12.1. The number of aromatic nitrogens is 1. The molecule has 3 nitrogen and oxygen atoms in total. The van der Waals surface area contributed by atoms with Gasteiger partial charge in [0.05, 0.1) is 18.3 Å². The van der Waals surface area contributed by atoms with Gasteiger partial charge in [0, 0.05) is 5.38 Å². The lowest BCUT2D eigenvalue weighted by Crippen LogP contribution is -2.13. The van der Waals surface area contributed by atoms with Crippen LogP contribution in [-0.4, -0.2) is 18.1 Å². The fourth-order valence-electron chi connectivity index (χ4n) is 1.04. The third kappa shape index (κ3) is 2.39. The van der Waals surface area contributed by atoms with Gasteiger partial charge in [-0.1, -0.05) is 6.08 Å². The number of ether oxygens (including phenoxy) is 1. The van der Waals surface area contributed by atoms with Gasteiger partial charge in [0.1, 0.15) is 5.92 Å². The van der Waals surface area contributed by atoms with Crippen LogP contribution in [0.1, 0.15) is 18.0 Å². The molecule has 0 aromatic carbocycles. The number of methoxy groups -OCH3 is 1. The van der Waals surface area contributed by atoms with Gasteiger partial charge in [0.25, 0.3) is 0 Å². The van der Waals surface area contributed by atoms with Gasteiger partial charge in [-0.3, -0.25) is 4.79 Å². The maximum Gasteiger partial charge on any atom is 0.315 e. The van der Waals surface area contributed by atoms with Crippen LogP contribution in [0.15, 0.2) is 23.5 Å². The van der Waals surface area contributed by atoms with Crippen LogP contribution in [0.4, 0.5) is 0 Å². The second-order valence-corrected chi connectivity index (χ2v) is 3.23. The van der Waals surface area contributed by atoms with Crippen molar-refractivity contribution >= 4 is 17.3 Å². The van der Waals surface area contributed by atoms with Crippen molar-refractivity contribution in [2.75, 3.05) is 7.11 Å². The predicted molar refractivity (Wildman–Crippen MR) is 51.7 cm³/mol. The number of hydrogen-bond acceptors (Lipinski definition) is 4. The van der Waals surface area contributed by atoms with E-state index in [0.29, 0.717) is 6.42 Å². The quantitative estimate of drug-likeness (QED) is 0.547. The van der Waals surface area contributed by atoms with Crippen LogP contribution in [0.25, 0.3) is 0 Å². The van der Waals surface area contributed by atoms with Crippen LogP contribution in [0.2, 0.25) is 0 Å². The number of esters is 1. The van der Waals surface area contributed by atoms with Crippen LogP contribution in [-0.2, 0) is 9.53 Å². The Balaban J connectivity index is 2.79. The molecule has 1 rings (SSSR count). The summed E-state index contributed by atoms with van der Waals surface area (Å²) in [5.74, 6) is -0.556. The molecule has 0 saturated heterocycles. The Kier molecular flexibility index (Phi) is 3.64. The van der Waals surface area contributed by atoms with Crippen molar-refractivity contribution < 1.29 is 9.53 Å². The molecule has 1 aromatic rings. The zero-order valence-corrected chi connectivity index (χ0v) is 8.21. The molecule has 0 saturated carbocycles. The van der Waals surface area contributed by atoms with Gasteiger partial charge in [-0.2, -0.15) is 0 Å². The smallest absolute Gasteiger partial charge is 0.315 e. The van der Waals surface area contributed by atoms with Crippen molar-refractivity contribution in [3.8, 4) is 0 Å². The monoisotopic (exact) mass is 197 g/mol. The van der Waals surface area contributed by atoms with Crippen LogP contribution < -0.4 is 0 Å². The minimum Gasteiger partial charge on any atom is -0.468 e. The van der Waals surface area contributed by atoms with Gasteiger partial charge in [-0.25, -0.2) is 4.98 Å². The molecule has 0 spiro atoms. The summed E-state index contributed by atoms with van der Waals surface area (Å²) in [6.07, 6.45) is 2.26. The van der Waals surface area contributed by atoms with Crippen LogP contribution >= 0.6 is 11.3 Å². The molecule has 4 heteroatoms. The summed E-state index contributed by atoms with van der Waals surface area (Å²) in [5.41, 5.74) is 2.46. The van der Waals surface area contributed by atoms with E-state index in [4.69, 9.17) is 0 Å². The van der Waals surface area contributed by atoms with Crippen LogP contribution in [0, 0.1) is 0 Å². The molecule has 0 aliphatic rings. The number of nitrogens with zero attached hydrogens (tertiary/aromatic N) is 1. The van der Waals surface area contributed by atoms with E-state index in [1.807, 2.05) is 5.38 Å². The topological polar surface area (TPSA) is 39.2 Å². The van der Waals surface area contributed by atoms with Gasteiger partial charge in [-0.15, -0.1) is 17.9 Å². The molecular formula is C9H11NO2S. The molecule has 1 heterocycles. The van der Waals surface area contributed by atoms with Crippen molar-refractivity contribution in [3.63, 3.8) is 0 Å². The second-order valence-electron chi connectivity index (χ2n) is 2.51. The van der Waals surface area contributed by atoms with Crippen molar-refractivity contribution in [2.45, 2.75) is 12.3 Å². The largest absolute Gasteiger partial charge is 0.468 e. The van der Waals surface area contributed by atoms with Crippen LogP contribution in [0.3, 0.4) is 0 Å². The Labute approximate surface area is 81.1 Å². The number of carbonyl (C=O) groups is 1. The highest BCUT2D eigenvalue weighted by Crippen LogP contribution is 2.21. The number of hydrogen-bond donors (Lipinski definition) is 0. The molecular weight excluding hydrogens is 186 g/mol. The van der Waals surface area contributed by atoms with Gasteiger partial charge in [-0.05, 0) is 6.42 Å². The summed E-state index contributed by atoms with van der Waals surface area (Å²) in [5, 5.41) is 1.85. The number of rotatable bonds is 4. The summed E-state index contributed by atoms with van der Waals surface area (Å²) in [4.78, 5) is 15.4. The summed E-state index contributed by atoms with van der Waals surface area (Å²) in [6, 6.07) is 0. The van der Waals surface area contributed by atoms with E-state index in [2.05, 4.69) is 16.3 Å². The zero-order chi connectivity index (χ0) is 9.68. The first-order valence-electron chi connectivity index (χ1n) is 3.86. The Morgan fingerprint density at radius 1 is 1.92 bits per heavy atom. The SMILES string of the molecule is C=CCC(C(=O)OC)c1cscn1. The van der Waals surface area contributed by atoms with Gasteiger partial charge in [0.2, 0.25) is 0 Å². The molecule has 70 valence electrons. The molecule has 0 bridgehead atoms. The average Bonchev–Trinajstić information content (AvgIpc) is 2.65. The van der Waals surface area contributed by atoms with E-state index in [9.17, 15) is 4.79 Å². The van der Waals surface area contributed by atoms with E-state index in [1.54, 1.807) is 11.6 Å². The first-order chi connectivity index (χ1) is 6.29. The highest BCUT2D eigenvalue weighted by Gasteiger charge is 2.21. The number of thiazole rings is 1. The first-order valence-corrected chi connectivity index (χ1v) is 4.80. The highest BCUT2D eigenvalue weighted by molar-refractivity contribution is 7.07. The fraction of sp³-hybridized carbons (Fsp3) is 0.333. The maximum atomic E-state index is 11.3. The molecule has 0 aliphatic heterocycles. The van der Waals surface area contributed by atoms with Gasteiger partial charge < -0.3 is 4.74 Å². The molecule has 0 radical (unpaired) electrons. The summed E-state index contributed by atoms with van der Waals surface area (Å²) in [7, 11) is 1.38. The third-order valence-corrected chi connectivity index (χ3v) is 2.30. The molecule has 13 heavy (non-hydrogen) atoms. The minimum atomic E-state index is -0.297. The number of carbonyl (C=O) groups excluding carboxylic acids is 1. The lowest BCUT2D eigenvalue weighted by atomic mass is 10.0. The fourth-order valence-corrected chi connectivity index (χ4v) is 1.65. The minimum absolute atomic E-state index is 0.259. The Bertz CT molecular complexity index is 282. The molecule has 0 amide bonds. The van der Waals surface area contributed by atoms with Crippen molar-refractivity contribution in [1.29, 1.82) is 0 Å². The molecule has 1 atom stereocenters. The lowest BCUT2D eigenvalue weighted by molar-refractivity contribution is -0.142. The molecule has 0 N–H and O–H groups in total. The van der Waals surface area contributed by atoms with E-state index in [1.165, 1.54) is 18.4 Å². The Hall–Kier alpha value is -1.16. The van der Waals surface area contributed by atoms with Gasteiger partial charge >= 0.3 is 5.97 Å². The molecule has 0 aliphatic carbocycles. The number of allylic oxidation sites excluding steroid dienone is 1. The van der Waals surface area contributed by atoms with E-state index in [0.717, 1.165) is 5.69 Å². The lowest BCUT2D eigenvalue weighted by Gasteiger charge is -2.08. The average molecular weight is 197 g/mol.